The zero-order valence-corrected chi connectivity index (χ0v) is 13.6. The van der Waals surface area contributed by atoms with E-state index in [0.717, 1.165) is 45.8 Å². The van der Waals surface area contributed by atoms with Gasteiger partial charge in [0.05, 0.1) is 6.61 Å². The summed E-state index contributed by atoms with van der Waals surface area (Å²) in [6.07, 6.45) is 2.36. The Morgan fingerprint density at radius 2 is 2.35 bits per heavy atom. The van der Waals surface area contributed by atoms with E-state index in [1.54, 1.807) is 0 Å². The summed E-state index contributed by atoms with van der Waals surface area (Å²) in [5, 5.41) is 5.87. The van der Waals surface area contributed by atoms with E-state index >= 15 is 0 Å². The first-order valence-corrected chi connectivity index (χ1v) is 8.77. The summed E-state index contributed by atoms with van der Waals surface area (Å²) in [4.78, 5) is 4.01. The summed E-state index contributed by atoms with van der Waals surface area (Å²) in [5.74, 6) is 0.621. The van der Waals surface area contributed by atoms with E-state index in [1.165, 1.54) is 11.3 Å². The van der Waals surface area contributed by atoms with Crippen LogP contribution < -0.4 is 5.32 Å². The van der Waals surface area contributed by atoms with Crippen molar-refractivity contribution in [2.24, 2.45) is 5.92 Å². The van der Waals surface area contributed by atoms with Crippen LogP contribution in [0.4, 0.5) is 0 Å². The van der Waals surface area contributed by atoms with E-state index in [0.29, 0.717) is 12.0 Å². The summed E-state index contributed by atoms with van der Waals surface area (Å²) in [6.45, 7) is 10.7. The molecule has 20 heavy (non-hydrogen) atoms. The Labute approximate surface area is 127 Å². The van der Waals surface area contributed by atoms with E-state index in [-0.39, 0.29) is 0 Å². The van der Waals surface area contributed by atoms with Crippen LogP contribution in [0, 0.1) is 5.92 Å². The Kier molecular flexibility index (Phi) is 7.00. The molecule has 1 saturated heterocycles. The second-order valence-electron chi connectivity index (χ2n) is 5.59. The highest BCUT2D eigenvalue weighted by Gasteiger charge is 2.26. The molecule has 0 radical (unpaired) electrons. The van der Waals surface area contributed by atoms with Crippen molar-refractivity contribution in [3.63, 3.8) is 0 Å². The second-order valence-corrected chi connectivity index (χ2v) is 6.62. The summed E-state index contributed by atoms with van der Waals surface area (Å²) in [6, 6.07) is 5.00. The van der Waals surface area contributed by atoms with Gasteiger partial charge in [-0.05, 0) is 37.4 Å². The van der Waals surface area contributed by atoms with Crippen LogP contribution in [0.2, 0.25) is 0 Å². The molecule has 1 aromatic heterocycles. The summed E-state index contributed by atoms with van der Waals surface area (Å²) >= 11 is 1.85. The maximum absolute atomic E-state index is 5.71. The Bertz CT molecular complexity index is 355. The smallest absolute Gasteiger partial charge is 0.0521 e. The van der Waals surface area contributed by atoms with Gasteiger partial charge in [-0.15, -0.1) is 11.3 Å². The van der Waals surface area contributed by atoms with Crippen molar-refractivity contribution in [3.05, 3.63) is 22.4 Å². The van der Waals surface area contributed by atoms with E-state index in [4.69, 9.17) is 4.74 Å². The van der Waals surface area contributed by atoms with Crippen LogP contribution >= 0.6 is 11.3 Å². The highest BCUT2D eigenvalue weighted by molar-refractivity contribution is 7.09. The fourth-order valence-electron chi connectivity index (χ4n) is 2.84. The van der Waals surface area contributed by atoms with Gasteiger partial charge >= 0.3 is 0 Å². The van der Waals surface area contributed by atoms with Crippen LogP contribution in [0.25, 0.3) is 0 Å². The molecule has 0 aromatic carbocycles. The maximum atomic E-state index is 5.71. The highest BCUT2D eigenvalue weighted by atomic mass is 32.1. The molecule has 0 bridgehead atoms. The number of ether oxygens (including phenoxy) is 1. The summed E-state index contributed by atoms with van der Waals surface area (Å²) in [5.41, 5.74) is 0. The van der Waals surface area contributed by atoms with Gasteiger partial charge in [-0.25, -0.2) is 0 Å². The van der Waals surface area contributed by atoms with Crippen LogP contribution in [-0.2, 0) is 11.3 Å². The van der Waals surface area contributed by atoms with Crippen molar-refractivity contribution >= 4 is 11.3 Å². The number of nitrogens with zero attached hydrogens (tertiary/aromatic N) is 1. The molecule has 3 nitrogen and oxygen atoms in total. The lowest BCUT2D eigenvalue weighted by atomic mass is 9.95. The monoisotopic (exact) mass is 296 g/mol. The third-order valence-electron chi connectivity index (χ3n) is 4.03. The van der Waals surface area contributed by atoms with Crippen molar-refractivity contribution in [2.75, 3.05) is 32.8 Å². The summed E-state index contributed by atoms with van der Waals surface area (Å²) < 4.78 is 5.71. The van der Waals surface area contributed by atoms with Crippen molar-refractivity contribution in [2.45, 2.75) is 39.3 Å². The topological polar surface area (TPSA) is 24.5 Å². The normalized spacial score (nSPS) is 23.4. The molecule has 0 spiro atoms. The molecule has 114 valence electrons. The van der Waals surface area contributed by atoms with Crippen LogP contribution in [0.1, 0.15) is 31.6 Å². The maximum Gasteiger partial charge on any atom is 0.0521 e. The van der Waals surface area contributed by atoms with Gasteiger partial charge in [-0.1, -0.05) is 19.9 Å². The number of thiophene rings is 1. The Morgan fingerprint density at radius 3 is 3.05 bits per heavy atom. The molecular formula is C16H28N2OS. The molecular weight excluding hydrogens is 268 g/mol. The predicted octanol–water partition coefficient (Wildman–Crippen LogP) is 2.97. The van der Waals surface area contributed by atoms with Gasteiger partial charge in [-0.3, -0.25) is 4.90 Å². The lowest BCUT2D eigenvalue weighted by molar-refractivity contribution is 0.0163. The van der Waals surface area contributed by atoms with Crippen molar-refractivity contribution in [1.29, 1.82) is 0 Å². The van der Waals surface area contributed by atoms with Crippen molar-refractivity contribution in [3.8, 4) is 0 Å². The molecule has 0 aliphatic carbocycles. The van der Waals surface area contributed by atoms with Crippen molar-refractivity contribution < 1.29 is 4.74 Å². The second kappa shape index (κ2) is 8.78. The minimum absolute atomic E-state index is 0.621. The molecule has 1 fully saturated rings. The van der Waals surface area contributed by atoms with Crippen LogP contribution in [-0.4, -0.2) is 43.8 Å². The van der Waals surface area contributed by atoms with Gasteiger partial charge < -0.3 is 10.1 Å². The first kappa shape index (κ1) is 16.0. The number of hydrogen-bond donors (Lipinski definition) is 1. The third kappa shape index (κ3) is 4.85. The largest absolute Gasteiger partial charge is 0.381 e. The van der Waals surface area contributed by atoms with E-state index < -0.39 is 0 Å². The molecule has 2 rings (SSSR count). The van der Waals surface area contributed by atoms with E-state index in [9.17, 15) is 0 Å². The average molecular weight is 296 g/mol. The first-order valence-electron chi connectivity index (χ1n) is 7.89. The van der Waals surface area contributed by atoms with Crippen LogP contribution in [0.3, 0.4) is 0 Å². The molecule has 1 aliphatic heterocycles. The number of rotatable bonds is 8. The van der Waals surface area contributed by atoms with Gasteiger partial charge in [0.15, 0.2) is 0 Å². The molecule has 0 amide bonds. The SMILES string of the molecule is CCCNC1CCOCC1CN(CC)Cc1cccs1. The van der Waals surface area contributed by atoms with Crippen molar-refractivity contribution in [1.82, 2.24) is 10.2 Å². The average Bonchev–Trinajstić information content (AvgIpc) is 2.98. The molecule has 1 aliphatic rings. The van der Waals surface area contributed by atoms with Gasteiger partial charge in [-0.2, -0.15) is 0 Å². The first-order chi connectivity index (χ1) is 9.83. The summed E-state index contributed by atoms with van der Waals surface area (Å²) in [7, 11) is 0. The molecule has 2 atom stereocenters. The van der Waals surface area contributed by atoms with Gasteiger partial charge in [0.1, 0.15) is 0 Å². The molecule has 2 unspecified atom stereocenters. The fourth-order valence-corrected chi connectivity index (χ4v) is 3.58. The zero-order valence-electron chi connectivity index (χ0n) is 12.8. The Hall–Kier alpha value is -0.420. The molecule has 1 N–H and O–H groups in total. The molecule has 4 heteroatoms. The minimum atomic E-state index is 0.621. The van der Waals surface area contributed by atoms with Crippen LogP contribution in [0.5, 0.6) is 0 Å². The molecule has 1 aromatic rings. The minimum Gasteiger partial charge on any atom is -0.381 e. The number of nitrogens with one attached hydrogen (secondary N) is 1. The fraction of sp³-hybridized carbons (Fsp3) is 0.750. The Morgan fingerprint density at radius 1 is 1.45 bits per heavy atom. The van der Waals surface area contributed by atoms with E-state index in [1.807, 2.05) is 11.3 Å². The van der Waals surface area contributed by atoms with E-state index in [2.05, 4.69) is 41.6 Å². The highest BCUT2D eigenvalue weighted by Crippen LogP contribution is 2.19. The third-order valence-corrected chi connectivity index (χ3v) is 4.89. The van der Waals surface area contributed by atoms with Gasteiger partial charge in [0.2, 0.25) is 0 Å². The quantitative estimate of drug-likeness (QED) is 0.798. The molecule has 0 saturated carbocycles. The number of hydrogen-bond acceptors (Lipinski definition) is 4. The predicted molar refractivity (Wildman–Crippen MR) is 86.3 cm³/mol. The van der Waals surface area contributed by atoms with Crippen LogP contribution in [0.15, 0.2) is 17.5 Å². The lowest BCUT2D eigenvalue weighted by Gasteiger charge is -2.35. The van der Waals surface area contributed by atoms with Gasteiger partial charge in [0, 0.05) is 36.5 Å². The molecule has 2 heterocycles. The zero-order chi connectivity index (χ0) is 14.2. The standard InChI is InChI=1S/C16H28N2OS/c1-3-8-17-16-7-9-19-13-14(16)11-18(4-2)12-15-6-5-10-20-15/h5-6,10,14,16-17H,3-4,7-9,11-13H2,1-2H3. The lowest BCUT2D eigenvalue weighted by Crippen LogP contribution is -2.47. The Balaban J connectivity index is 1.86. The van der Waals surface area contributed by atoms with Gasteiger partial charge in [0.25, 0.3) is 0 Å².